The fourth-order valence-electron chi connectivity index (χ4n) is 2.19. The Morgan fingerprint density at radius 2 is 2.00 bits per heavy atom. The number of carbonyl (C=O) groups excluding carboxylic acids is 1. The minimum Gasteiger partial charge on any atom is -0.330 e. The van der Waals surface area contributed by atoms with Crippen molar-refractivity contribution in [1.82, 2.24) is 0 Å². The van der Waals surface area contributed by atoms with Gasteiger partial charge in [0.25, 0.3) is 0 Å². The predicted octanol–water partition coefficient (Wildman–Crippen LogP) is 1.98. The summed E-state index contributed by atoms with van der Waals surface area (Å²) in [5, 5.41) is 0. The Bertz CT molecular complexity index is 179. The Balaban J connectivity index is 2.40. The lowest BCUT2D eigenvalue weighted by Crippen LogP contribution is -2.27. The minimum absolute atomic E-state index is 0.315. The highest BCUT2D eigenvalue weighted by Crippen LogP contribution is 2.33. The van der Waals surface area contributed by atoms with Crippen molar-refractivity contribution < 1.29 is 4.79 Å². The molecule has 0 bridgehead atoms. The van der Waals surface area contributed by atoms with Gasteiger partial charge in [0.2, 0.25) is 0 Å². The number of hydrogen-bond donors (Lipinski definition) is 1. The van der Waals surface area contributed by atoms with Gasteiger partial charge in [-0.1, -0.05) is 13.8 Å². The van der Waals surface area contributed by atoms with Gasteiger partial charge >= 0.3 is 0 Å². The van der Waals surface area contributed by atoms with E-state index in [4.69, 9.17) is 5.73 Å². The lowest BCUT2D eigenvalue weighted by Gasteiger charge is -2.31. The molecule has 2 nitrogen and oxygen atoms in total. The maximum Gasteiger partial charge on any atom is 0.137 e. The quantitative estimate of drug-likeness (QED) is 0.727. The van der Waals surface area contributed by atoms with E-state index < -0.39 is 0 Å². The second kappa shape index (κ2) is 4.75. The molecule has 1 aliphatic carbocycles. The predicted molar refractivity (Wildman–Crippen MR) is 54.3 cm³/mol. The van der Waals surface area contributed by atoms with Crippen LogP contribution in [-0.2, 0) is 4.79 Å². The molecule has 0 heterocycles. The maximum absolute atomic E-state index is 11.6. The minimum atomic E-state index is 0.315. The van der Waals surface area contributed by atoms with Crippen molar-refractivity contribution in [3.63, 3.8) is 0 Å². The van der Waals surface area contributed by atoms with Crippen LogP contribution in [0.4, 0.5) is 0 Å². The fourth-order valence-corrected chi connectivity index (χ4v) is 2.19. The van der Waals surface area contributed by atoms with E-state index in [1.54, 1.807) is 0 Å². The third-order valence-electron chi connectivity index (χ3n) is 3.44. The van der Waals surface area contributed by atoms with E-state index in [0.717, 1.165) is 18.8 Å². The van der Waals surface area contributed by atoms with E-state index >= 15 is 0 Å². The molecule has 3 atom stereocenters. The van der Waals surface area contributed by atoms with E-state index in [9.17, 15) is 4.79 Å². The molecule has 0 aromatic carbocycles. The van der Waals surface area contributed by atoms with Crippen LogP contribution < -0.4 is 5.73 Å². The molecule has 1 fully saturated rings. The lowest BCUT2D eigenvalue weighted by molar-refractivity contribution is -0.124. The van der Waals surface area contributed by atoms with Crippen molar-refractivity contribution in [1.29, 1.82) is 0 Å². The highest BCUT2D eigenvalue weighted by Gasteiger charge is 2.28. The van der Waals surface area contributed by atoms with E-state index in [0.29, 0.717) is 30.6 Å². The molecule has 0 amide bonds. The molecule has 3 unspecified atom stereocenters. The average Bonchev–Trinajstić information content (AvgIpc) is 2.10. The van der Waals surface area contributed by atoms with E-state index in [2.05, 4.69) is 13.8 Å². The Kier molecular flexibility index (Phi) is 3.91. The summed E-state index contributed by atoms with van der Waals surface area (Å²) in [5.74, 6) is 2.21. The zero-order valence-electron chi connectivity index (χ0n) is 8.75. The summed E-state index contributed by atoms with van der Waals surface area (Å²) in [4.78, 5) is 11.6. The molecule has 2 N–H and O–H groups in total. The molecular weight excluding hydrogens is 162 g/mol. The van der Waals surface area contributed by atoms with Crippen molar-refractivity contribution >= 4 is 5.78 Å². The van der Waals surface area contributed by atoms with Crippen LogP contribution >= 0.6 is 0 Å². The monoisotopic (exact) mass is 183 g/mol. The first-order chi connectivity index (χ1) is 6.15. The summed E-state index contributed by atoms with van der Waals surface area (Å²) in [7, 11) is 0. The molecule has 0 spiro atoms. The molecule has 0 aromatic heterocycles. The van der Waals surface area contributed by atoms with Crippen molar-refractivity contribution in [3.05, 3.63) is 0 Å². The zero-order chi connectivity index (χ0) is 9.84. The summed E-state index contributed by atoms with van der Waals surface area (Å²) < 4.78 is 0. The average molecular weight is 183 g/mol. The SMILES string of the molecule is CC1CCC(C(=O)CCN)CC1C. The third-order valence-corrected chi connectivity index (χ3v) is 3.44. The number of rotatable bonds is 3. The Morgan fingerprint density at radius 1 is 1.31 bits per heavy atom. The maximum atomic E-state index is 11.6. The van der Waals surface area contributed by atoms with Gasteiger partial charge < -0.3 is 5.73 Å². The topological polar surface area (TPSA) is 43.1 Å². The molecule has 0 aliphatic heterocycles. The summed E-state index contributed by atoms with van der Waals surface area (Å²) in [6.07, 6.45) is 3.96. The van der Waals surface area contributed by atoms with Crippen LogP contribution in [0.5, 0.6) is 0 Å². The van der Waals surface area contributed by atoms with Crippen LogP contribution in [0, 0.1) is 17.8 Å². The van der Waals surface area contributed by atoms with Gasteiger partial charge in [-0.2, -0.15) is 0 Å². The van der Waals surface area contributed by atoms with Gasteiger partial charge in [0.15, 0.2) is 0 Å². The van der Waals surface area contributed by atoms with Gasteiger partial charge in [-0.25, -0.2) is 0 Å². The van der Waals surface area contributed by atoms with Gasteiger partial charge in [-0.05, 0) is 37.6 Å². The molecular formula is C11H21NO. The molecule has 0 aromatic rings. The molecule has 0 radical (unpaired) electrons. The molecule has 1 aliphatic rings. The van der Waals surface area contributed by atoms with Gasteiger partial charge in [-0.15, -0.1) is 0 Å². The van der Waals surface area contributed by atoms with Gasteiger partial charge in [0, 0.05) is 12.3 Å². The van der Waals surface area contributed by atoms with Crippen LogP contribution in [-0.4, -0.2) is 12.3 Å². The first-order valence-corrected chi connectivity index (χ1v) is 5.38. The third kappa shape index (κ3) is 2.80. The second-order valence-corrected chi connectivity index (χ2v) is 4.47. The highest BCUT2D eigenvalue weighted by molar-refractivity contribution is 5.81. The van der Waals surface area contributed by atoms with Crippen LogP contribution in [0.3, 0.4) is 0 Å². The van der Waals surface area contributed by atoms with Crippen molar-refractivity contribution in [2.45, 2.75) is 39.5 Å². The number of carbonyl (C=O) groups is 1. The Labute approximate surface area is 80.9 Å². The molecule has 1 rings (SSSR count). The van der Waals surface area contributed by atoms with E-state index in [-0.39, 0.29) is 0 Å². The van der Waals surface area contributed by atoms with Crippen molar-refractivity contribution in [2.75, 3.05) is 6.54 Å². The number of ketones is 1. The Hall–Kier alpha value is -0.370. The zero-order valence-corrected chi connectivity index (χ0v) is 8.75. The smallest absolute Gasteiger partial charge is 0.137 e. The summed E-state index contributed by atoms with van der Waals surface area (Å²) >= 11 is 0. The van der Waals surface area contributed by atoms with Crippen molar-refractivity contribution in [2.24, 2.45) is 23.5 Å². The van der Waals surface area contributed by atoms with E-state index in [1.165, 1.54) is 6.42 Å². The number of Topliss-reactive ketones (excluding diaryl/α,β-unsaturated/α-hetero) is 1. The molecule has 2 heteroatoms. The molecule has 76 valence electrons. The largest absolute Gasteiger partial charge is 0.330 e. The molecule has 0 saturated heterocycles. The summed E-state index contributed by atoms with van der Waals surface area (Å²) in [6.45, 7) is 5.06. The van der Waals surface area contributed by atoms with Gasteiger partial charge in [-0.3, -0.25) is 4.79 Å². The number of hydrogen-bond acceptors (Lipinski definition) is 2. The van der Waals surface area contributed by atoms with Gasteiger partial charge in [0.1, 0.15) is 5.78 Å². The number of nitrogens with two attached hydrogens (primary N) is 1. The second-order valence-electron chi connectivity index (χ2n) is 4.47. The summed E-state index contributed by atoms with van der Waals surface area (Å²) in [5.41, 5.74) is 5.38. The van der Waals surface area contributed by atoms with Crippen LogP contribution in [0.2, 0.25) is 0 Å². The van der Waals surface area contributed by atoms with Crippen molar-refractivity contribution in [3.8, 4) is 0 Å². The van der Waals surface area contributed by atoms with Crippen LogP contribution in [0.1, 0.15) is 39.5 Å². The standard InChI is InChI=1S/C11H21NO/c1-8-3-4-10(7-9(8)2)11(13)5-6-12/h8-10H,3-7,12H2,1-2H3. The first-order valence-electron chi connectivity index (χ1n) is 5.38. The van der Waals surface area contributed by atoms with E-state index in [1.807, 2.05) is 0 Å². The molecule has 13 heavy (non-hydrogen) atoms. The summed E-state index contributed by atoms with van der Waals surface area (Å²) in [6, 6.07) is 0. The fraction of sp³-hybridized carbons (Fsp3) is 0.909. The lowest BCUT2D eigenvalue weighted by atomic mass is 9.74. The first kappa shape index (κ1) is 10.7. The normalized spacial score (nSPS) is 34.5. The van der Waals surface area contributed by atoms with Crippen LogP contribution in [0.25, 0.3) is 0 Å². The van der Waals surface area contributed by atoms with Gasteiger partial charge in [0.05, 0.1) is 0 Å². The van der Waals surface area contributed by atoms with Crippen LogP contribution in [0.15, 0.2) is 0 Å². The Morgan fingerprint density at radius 3 is 2.54 bits per heavy atom. The highest BCUT2D eigenvalue weighted by atomic mass is 16.1. The molecule has 1 saturated carbocycles.